The van der Waals surface area contributed by atoms with Crippen molar-refractivity contribution in [2.24, 2.45) is 0 Å². The molecule has 0 atom stereocenters. The summed E-state index contributed by atoms with van der Waals surface area (Å²) in [4.78, 5) is 0. The first-order chi connectivity index (χ1) is 12.4. The van der Waals surface area contributed by atoms with Crippen molar-refractivity contribution in [1.82, 2.24) is 0 Å². The van der Waals surface area contributed by atoms with Gasteiger partial charge in [0.15, 0.2) is 0 Å². The summed E-state index contributed by atoms with van der Waals surface area (Å²) in [6.45, 7) is 20.1. The number of rotatable bonds is 8. The summed E-state index contributed by atoms with van der Waals surface area (Å²) < 4.78 is 0. The molecule has 0 spiro atoms. The first-order valence-electron chi connectivity index (χ1n) is 8.89. The van der Waals surface area contributed by atoms with E-state index >= 15 is 0 Å². The molecule has 0 saturated carbocycles. The van der Waals surface area contributed by atoms with E-state index in [4.69, 9.17) is 0 Å². The number of hydrogen-bond acceptors (Lipinski definition) is 0. The van der Waals surface area contributed by atoms with Crippen LogP contribution in [0.25, 0.3) is 10.8 Å². The molecule has 0 aliphatic rings. The largest absolute Gasteiger partial charge is 0.0961 e. The van der Waals surface area contributed by atoms with E-state index in [1.165, 1.54) is 21.9 Å². The molecule has 0 N–H and O–H groups in total. The van der Waals surface area contributed by atoms with Crippen LogP contribution >= 0.6 is 0 Å². The van der Waals surface area contributed by atoms with Crippen molar-refractivity contribution in [2.75, 3.05) is 0 Å². The average Bonchev–Trinajstić information content (AvgIpc) is 2.59. The summed E-state index contributed by atoms with van der Waals surface area (Å²) in [6.07, 6.45) is 9.79. The molecule has 0 bridgehead atoms. The third-order valence-corrected chi connectivity index (χ3v) is 4.14. The van der Waals surface area contributed by atoms with E-state index in [-0.39, 0.29) is 0 Å². The van der Waals surface area contributed by atoms with Crippen LogP contribution in [0.4, 0.5) is 0 Å². The van der Waals surface area contributed by atoms with Gasteiger partial charge in [-0.1, -0.05) is 109 Å². The Morgan fingerprint density at radius 1 is 0.654 bits per heavy atom. The minimum absolute atomic E-state index is 0.834. The molecule has 2 aromatic carbocycles. The zero-order valence-electron chi connectivity index (χ0n) is 16.0. The molecular weight excluding hydrogens is 312 g/mol. The van der Waals surface area contributed by atoms with Crippen molar-refractivity contribution < 1.29 is 0 Å². The van der Waals surface area contributed by atoms with E-state index in [0.29, 0.717) is 0 Å². The van der Waals surface area contributed by atoms with Gasteiger partial charge < -0.3 is 0 Å². The lowest BCUT2D eigenvalue weighted by atomic mass is 9.93. The van der Waals surface area contributed by atoms with Gasteiger partial charge in [-0.25, -0.2) is 0 Å². The van der Waals surface area contributed by atoms with Gasteiger partial charge in [0, 0.05) is 0 Å². The molecule has 0 saturated heterocycles. The maximum atomic E-state index is 4.18. The Labute approximate surface area is 158 Å². The van der Waals surface area contributed by atoms with E-state index in [1.54, 1.807) is 0 Å². The predicted octanol–water partition coefficient (Wildman–Crippen LogP) is 7.30. The molecule has 0 amide bonds. The van der Waals surface area contributed by atoms with Crippen LogP contribution in [0.2, 0.25) is 0 Å². The third-order valence-electron chi connectivity index (χ3n) is 4.14. The lowest BCUT2D eigenvalue weighted by molar-refractivity contribution is 1.21. The Kier molecular flexibility index (Phi) is 6.74. The fourth-order valence-corrected chi connectivity index (χ4v) is 2.88. The van der Waals surface area contributed by atoms with Crippen LogP contribution in [-0.4, -0.2) is 0 Å². The van der Waals surface area contributed by atoms with Crippen LogP contribution in [0.5, 0.6) is 0 Å². The molecule has 0 heteroatoms. The maximum Gasteiger partial charge on any atom is -0.00255 e. The zero-order chi connectivity index (χ0) is 19.1. The van der Waals surface area contributed by atoms with Gasteiger partial charge in [-0.3, -0.25) is 0 Å². The van der Waals surface area contributed by atoms with Gasteiger partial charge in [-0.2, -0.15) is 0 Å². The molecule has 0 nitrogen and oxygen atoms in total. The second kappa shape index (κ2) is 9.01. The van der Waals surface area contributed by atoms with Crippen LogP contribution in [0, 0.1) is 0 Å². The predicted molar refractivity (Wildman–Crippen MR) is 118 cm³/mol. The van der Waals surface area contributed by atoms with Crippen molar-refractivity contribution in [1.29, 1.82) is 0 Å². The molecule has 0 fully saturated rings. The second-order valence-corrected chi connectivity index (χ2v) is 6.96. The first-order valence-corrected chi connectivity index (χ1v) is 8.89. The van der Waals surface area contributed by atoms with Gasteiger partial charge in [0.05, 0.1) is 0 Å². The number of hydrogen-bond donors (Lipinski definition) is 0. The van der Waals surface area contributed by atoms with E-state index < -0.39 is 0 Å². The van der Waals surface area contributed by atoms with Crippen molar-refractivity contribution in [3.63, 3.8) is 0 Å². The van der Waals surface area contributed by atoms with Crippen molar-refractivity contribution >= 4 is 10.8 Å². The standard InChI is InChI=1S/C26H28/c1-19(2)13-15-21(5)17-23-9-7-12-26-24(10-8-11-25(23)26)18-22(6)16-14-20(3)4/h7-16H,1,3,5-6,17-18H2,2,4H3. The van der Waals surface area contributed by atoms with Gasteiger partial charge >= 0.3 is 0 Å². The highest BCUT2D eigenvalue weighted by molar-refractivity contribution is 5.89. The van der Waals surface area contributed by atoms with Gasteiger partial charge in [0.25, 0.3) is 0 Å². The average molecular weight is 341 g/mol. The molecule has 0 unspecified atom stereocenters. The van der Waals surface area contributed by atoms with Crippen LogP contribution < -0.4 is 0 Å². The molecule has 0 aliphatic heterocycles. The summed E-state index contributed by atoms with van der Waals surface area (Å²) in [5.74, 6) is 0. The fourth-order valence-electron chi connectivity index (χ4n) is 2.88. The lowest BCUT2D eigenvalue weighted by Gasteiger charge is -2.11. The molecule has 0 aliphatic carbocycles. The monoisotopic (exact) mass is 340 g/mol. The number of benzene rings is 2. The summed E-state index contributed by atoms with van der Waals surface area (Å²) in [6, 6.07) is 13.0. The normalized spacial score (nSPS) is 11.3. The van der Waals surface area contributed by atoms with Crippen LogP contribution in [-0.2, 0) is 12.8 Å². The number of allylic oxidation sites excluding steroid dienone is 8. The van der Waals surface area contributed by atoms with E-state index in [1.807, 2.05) is 26.0 Å². The number of fused-ring (bicyclic) bond motifs is 1. The molecule has 0 radical (unpaired) electrons. The fraction of sp³-hybridized carbons (Fsp3) is 0.154. The lowest BCUT2D eigenvalue weighted by Crippen LogP contribution is -1.93. The smallest absolute Gasteiger partial charge is 0.00255 e. The minimum Gasteiger partial charge on any atom is -0.0961 e. The van der Waals surface area contributed by atoms with Crippen LogP contribution in [0.1, 0.15) is 25.0 Å². The summed E-state index contributed by atoms with van der Waals surface area (Å²) >= 11 is 0. The molecular formula is C26H28. The highest BCUT2D eigenvalue weighted by Crippen LogP contribution is 2.26. The molecule has 0 heterocycles. The highest BCUT2D eigenvalue weighted by atomic mass is 14.1. The Balaban J connectivity index is 2.30. The quantitative estimate of drug-likeness (QED) is 0.442. The van der Waals surface area contributed by atoms with Gasteiger partial charge in [0.2, 0.25) is 0 Å². The Hall–Kier alpha value is -2.86. The van der Waals surface area contributed by atoms with Crippen LogP contribution in [0.3, 0.4) is 0 Å². The van der Waals surface area contributed by atoms with E-state index in [9.17, 15) is 0 Å². The summed E-state index contributed by atoms with van der Waals surface area (Å²) in [5.41, 5.74) is 6.83. The highest BCUT2D eigenvalue weighted by Gasteiger charge is 2.06. The third kappa shape index (κ3) is 5.60. The molecule has 2 aromatic rings. The SMILES string of the molecule is C=C(C)C=CC(=C)Cc1cccc2c(CC(=C)C=CC(=C)C)cccc12. The van der Waals surface area contributed by atoms with Gasteiger partial charge in [0.1, 0.15) is 0 Å². The second-order valence-electron chi connectivity index (χ2n) is 6.96. The van der Waals surface area contributed by atoms with Crippen LogP contribution in [0.15, 0.2) is 109 Å². The Morgan fingerprint density at radius 3 is 1.38 bits per heavy atom. The van der Waals surface area contributed by atoms with Crippen molar-refractivity contribution in [2.45, 2.75) is 26.7 Å². The topological polar surface area (TPSA) is 0 Å². The Morgan fingerprint density at radius 2 is 1.04 bits per heavy atom. The van der Waals surface area contributed by atoms with Gasteiger partial charge in [-0.05, 0) is 48.6 Å². The summed E-state index contributed by atoms with van der Waals surface area (Å²) in [5, 5.41) is 2.57. The maximum absolute atomic E-state index is 4.18. The molecule has 2 rings (SSSR count). The van der Waals surface area contributed by atoms with Crippen molar-refractivity contribution in [3.8, 4) is 0 Å². The zero-order valence-corrected chi connectivity index (χ0v) is 16.0. The minimum atomic E-state index is 0.834. The summed E-state index contributed by atoms with van der Waals surface area (Å²) in [7, 11) is 0. The Bertz CT molecular complexity index is 839. The molecule has 0 aromatic heterocycles. The van der Waals surface area contributed by atoms with Crippen molar-refractivity contribution in [3.05, 3.63) is 120 Å². The first kappa shape index (κ1) is 19.5. The van der Waals surface area contributed by atoms with E-state index in [0.717, 1.165) is 35.1 Å². The van der Waals surface area contributed by atoms with Gasteiger partial charge in [-0.15, -0.1) is 0 Å². The molecule has 26 heavy (non-hydrogen) atoms. The molecule has 132 valence electrons. The van der Waals surface area contributed by atoms with E-state index in [2.05, 4.69) is 74.9 Å².